The Balaban J connectivity index is 3.50. The molecular weight excluding hydrogens is 719 g/mol. The minimum atomic E-state index is -1.29. The van der Waals surface area contributed by atoms with Crippen LogP contribution >= 0.6 is 0 Å². The molecule has 0 heterocycles. The summed E-state index contributed by atoms with van der Waals surface area (Å²) < 4.78 is 0. The van der Waals surface area contributed by atoms with Crippen molar-refractivity contribution in [3.05, 3.63) is 36.5 Å². The van der Waals surface area contributed by atoms with E-state index in [0.29, 0.717) is 19.3 Å². The van der Waals surface area contributed by atoms with Gasteiger partial charge >= 0.3 is 0 Å². The Kier molecular flexibility index (Phi) is 45.4. The molecule has 0 aromatic rings. The number of hydrogen-bond donors (Lipinski definition) is 5. The fraction of sp³-hybridized carbons (Fsp3) is 0.865. The van der Waals surface area contributed by atoms with Crippen LogP contribution in [0.1, 0.15) is 258 Å². The first-order valence-corrected chi connectivity index (χ1v) is 25.3. The molecule has 6 heteroatoms. The third-order valence-corrected chi connectivity index (χ3v) is 11.9. The maximum absolute atomic E-state index is 12.5. The van der Waals surface area contributed by atoms with Crippen LogP contribution in [0.2, 0.25) is 0 Å². The Hall–Kier alpha value is -1.47. The molecule has 4 unspecified atom stereocenters. The van der Waals surface area contributed by atoms with E-state index in [1.807, 2.05) is 13.0 Å². The van der Waals surface area contributed by atoms with Crippen molar-refractivity contribution in [2.45, 2.75) is 282 Å². The topological polar surface area (TPSA) is 110 Å². The molecule has 0 rings (SSSR count). The molecule has 1 amide bonds. The average molecular weight is 818 g/mol. The second-order valence-electron chi connectivity index (χ2n) is 17.5. The van der Waals surface area contributed by atoms with Gasteiger partial charge in [-0.1, -0.05) is 223 Å². The molecule has 58 heavy (non-hydrogen) atoms. The van der Waals surface area contributed by atoms with Crippen LogP contribution in [0.25, 0.3) is 0 Å². The lowest BCUT2D eigenvalue weighted by molar-refractivity contribution is -0.132. The Morgan fingerprint density at radius 1 is 0.448 bits per heavy atom. The third-order valence-electron chi connectivity index (χ3n) is 11.9. The number of allylic oxidation sites excluding steroid dienone is 6. The fourth-order valence-electron chi connectivity index (χ4n) is 7.89. The molecule has 0 saturated heterocycles. The van der Waals surface area contributed by atoms with Gasteiger partial charge in [0, 0.05) is 0 Å². The van der Waals surface area contributed by atoms with Crippen LogP contribution in [0.3, 0.4) is 0 Å². The van der Waals surface area contributed by atoms with Gasteiger partial charge in [-0.05, 0) is 71.1 Å². The van der Waals surface area contributed by atoms with Gasteiger partial charge in [0.25, 0.3) is 0 Å². The van der Waals surface area contributed by atoms with Crippen LogP contribution in [0.15, 0.2) is 36.5 Å². The summed E-state index contributed by atoms with van der Waals surface area (Å²) in [5.41, 5.74) is 0. The molecule has 342 valence electrons. The number of carbonyl (C=O) groups excluding carboxylic acids is 1. The van der Waals surface area contributed by atoms with Crippen LogP contribution in [0.4, 0.5) is 0 Å². The number of amides is 1. The van der Waals surface area contributed by atoms with Crippen LogP contribution in [0, 0.1) is 0 Å². The molecule has 0 fully saturated rings. The van der Waals surface area contributed by atoms with E-state index in [1.54, 1.807) is 0 Å². The standard InChI is InChI=1S/C52H99NO5/c1-3-5-7-9-11-13-14-15-16-17-18-19-20-21-22-23-24-25-26-27-28-29-30-31-32-33-34-35-36-37-38-40-42-44-46-50(56)52(58)53-48(47-54)51(57)49(55)45-43-41-39-12-10-8-6-4-2/h4,6,12,23-24,39,48-51,54-57H,3,5,7-11,13-22,25-38,40-47H2,1-2H3,(H,53,58)/b6-4+,24-23-,39-12+. The van der Waals surface area contributed by atoms with Crippen molar-refractivity contribution in [3.63, 3.8) is 0 Å². The lowest BCUT2D eigenvalue weighted by Gasteiger charge is -2.27. The highest BCUT2D eigenvalue weighted by Gasteiger charge is 2.28. The van der Waals surface area contributed by atoms with E-state index >= 15 is 0 Å². The van der Waals surface area contributed by atoms with Crippen molar-refractivity contribution in [3.8, 4) is 0 Å². The molecule has 0 spiro atoms. The number of rotatable bonds is 46. The number of aliphatic hydroxyl groups is 4. The zero-order valence-electron chi connectivity index (χ0n) is 38.5. The van der Waals surface area contributed by atoms with Gasteiger partial charge in [0.15, 0.2) is 0 Å². The summed E-state index contributed by atoms with van der Waals surface area (Å²) in [6, 6.07) is -1.01. The van der Waals surface area contributed by atoms with E-state index in [0.717, 1.165) is 38.5 Å². The van der Waals surface area contributed by atoms with Gasteiger partial charge < -0.3 is 25.7 Å². The highest BCUT2D eigenvalue weighted by molar-refractivity contribution is 5.80. The van der Waals surface area contributed by atoms with Crippen LogP contribution in [0.5, 0.6) is 0 Å². The zero-order chi connectivity index (χ0) is 42.4. The van der Waals surface area contributed by atoms with Crippen LogP contribution < -0.4 is 5.32 Å². The van der Waals surface area contributed by atoms with Crippen molar-refractivity contribution in [2.75, 3.05) is 6.61 Å². The van der Waals surface area contributed by atoms with E-state index in [9.17, 15) is 25.2 Å². The first-order valence-electron chi connectivity index (χ1n) is 25.3. The van der Waals surface area contributed by atoms with Crippen molar-refractivity contribution in [1.82, 2.24) is 5.32 Å². The number of nitrogens with one attached hydrogen (secondary N) is 1. The number of aliphatic hydroxyl groups excluding tert-OH is 4. The predicted molar refractivity (Wildman–Crippen MR) is 251 cm³/mol. The highest BCUT2D eigenvalue weighted by Crippen LogP contribution is 2.17. The van der Waals surface area contributed by atoms with E-state index < -0.39 is 36.9 Å². The summed E-state index contributed by atoms with van der Waals surface area (Å²) >= 11 is 0. The van der Waals surface area contributed by atoms with Gasteiger partial charge in [0.05, 0.1) is 18.8 Å². The van der Waals surface area contributed by atoms with Gasteiger partial charge in [-0.2, -0.15) is 0 Å². The van der Waals surface area contributed by atoms with E-state index in [1.165, 1.54) is 186 Å². The Morgan fingerprint density at radius 2 is 0.793 bits per heavy atom. The van der Waals surface area contributed by atoms with E-state index in [2.05, 4.69) is 42.6 Å². The van der Waals surface area contributed by atoms with Crippen molar-refractivity contribution in [1.29, 1.82) is 0 Å². The number of hydrogen-bond acceptors (Lipinski definition) is 5. The van der Waals surface area contributed by atoms with Gasteiger partial charge in [0.1, 0.15) is 12.2 Å². The van der Waals surface area contributed by atoms with Gasteiger partial charge in [-0.25, -0.2) is 0 Å². The highest BCUT2D eigenvalue weighted by atomic mass is 16.3. The maximum Gasteiger partial charge on any atom is 0.249 e. The van der Waals surface area contributed by atoms with Crippen molar-refractivity contribution < 1.29 is 25.2 Å². The third kappa shape index (κ3) is 40.0. The summed E-state index contributed by atoms with van der Waals surface area (Å²) in [7, 11) is 0. The summed E-state index contributed by atoms with van der Waals surface area (Å²) in [6.45, 7) is 3.80. The Labute approximate surface area is 360 Å². The molecule has 6 nitrogen and oxygen atoms in total. The molecule has 0 aromatic carbocycles. The SMILES string of the molecule is C/C=C/CC/C=C/CCCC(O)C(O)C(CO)NC(=O)C(O)CCCCCCCCCCCCCCCCCC/C=C\CCCCCCCCCCCCCCCC. The summed E-state index contributed by atoms with van der Waals surface area (Å²) in [6.07, 6.45) is 56.9. The second kappa shape index (κ2) is 46.6. The summed E-state index contributed by atoms with van der Waals surface area (Å²) in [5.74, 6) is -0.599. The van der Waals surface area contributed by atoms with Crippen molar-refractivity contribution >= 4 is 5.91 Å². The lowest BCUT2D eigenvalue weighted by Crippen LogP contribution is -2.53. The summed E-state index contributed by atoms with van der Waals surface area (Å²) in [4.78, 5) is 12.5. The van der Waals surface area contributed by atoms with Crippen LogP contribution in [-0.2, 0) is 4.79 Å². The zero-order valence-corrected chi connectivity index (χ0v) is 38.5. The Bertz CT molecular complexity index is 919. The fourth-order valence-corrected chi connectivity index (χ4v) is 7.89. The quantitative estimate of drug-likeness (QED) is 0.0310. The lowest BCUT2D eigenvalue weighted by atomic mass is 10.00. The van der Waals surface area contributed by atoms with Gasteiger partial charge in [0.2, 0.25) is 5.91 Å². The van der Waals surface area contributed by atoms with Gasteiger partial charge in [-0.3, -0.25) is 4.79 Å². The van der Waals surface area contributed by atoms with E-state index in [4.69, 9.17) is 0 Å². The Morgan fingerprint density at radius 3 is 1.19 bits per heavy atom. The van der Waals surface area contributed by atoms with E-state index in [-0.39, 0.29) is 0 Å². The minimum Gasteiger partial charge on any atom is -0.394 e. The molecule has 0 radical (unpaired) electrons. The van der Waals surface area contributed by atoms with Gasteiger partial charge in [-0.15, -0.1) is 0 Å². The maximum atomic E-state index is 12.5. The smallest absolute Gasteiger partial charge is 0.249 e. The molecule has 5 N–H and O–H groups in total. The molecule has 0 saturated carbocycles. The average Bonchev–Trinajstić information content (AvgIpc) is 3.23. The predicted octanol–water partition coefficient (Wildman–Crippen LogP) is 14.1. The summed E-state index contributed by atoms with van der Waals surface area (Å²) in [5, 5.41) is 43.4. The van der Waals surface area contributed by atoms with Crippen LogP contribution in [-0.4, -0.2) is 57.3 Å². The molecule has 0 aliphatic heterocycles. The molecule has 4 atom stereocenters. The molecule has 0 bridgehead atoms. The molecule has 0 aliphatic rings. The number of unbranched alkanes of at least 4 members (excludes halogenated alkanes) is 32. The normalized spacial score (nSPS) is 14.2. The molecule has 0 aliphatic carbocycles. The van der Waals surface area contributed by atoms with Crippen molar-refractivity contribution in [2.24, 2.45) is 0 Å². The minimum absolute atomic E-state index is 0.361. The monoisotopic (exact) mass is 818 g/mol. The largest absolute Gasteiger partial charge is 0.394 e. The molecule has 0 aromatic heterocycles. The molecular formula is C52H99NO5. The first kappa shape index (κ1) is 56.5. The first-order chi connectivity index (χ1) is 28.5. The number of carbonyl (C=O) groups is 1. The second-order valence-corrected chi connectivity index (χ2v) is 17.5.